The minimum absolute atomic E-state index is 0.00849. The standard InChI is InChI=1S/C13H19BrN2OS/c1-9-4-3-5-15-12(9)13(17)16(2)7-10-6-11(14)18-8-10/h6,8-9,12,15H,3-5,7H2,1-2H3. The smallest absolute Gasteiger partial charge is 0.240 e. The minimum Gasteiger partial charge on any atom is -0.340 e. The van der Waals surface area contributed by atoms with Gasteiger partial charge in [0, 0.05) is 13.6 Å². The molecule has 1 aromatic heterocycles. The van der Waals surface area contributed by atoms with Gasteiger partial charge in [0.25, 0.3) is 0 Å². The Kier molecular flexibility index (Phi) is 4.81. The van der Waals surface area contributed by atoms with Gasteiger partial charge in [0.1, 0.15) is 0 Å². The van der Waals surface area contributed by atoms with Crippen LogP contribution < -0.4 is 5.32 Å². The second-order valence-corrected chi connectivity index (χ2v) is 7.30. The Morgan fingerprint density at radius 2 is 2.44 bits per heavy atom. The lowest BCUT2D eigenvalue weighted by molar-refractivity contribution is -0.134. The summed E-state index contributed by atoms with van der Waals surface area (Å²) in [6.07, 6.45) is 2.31. The molecule has 1 aliphatic rings. The van der Waals surface area contributed by atoms with Crippen LogP contribution in [0.1, 0.15) is 25.3 Å². The van der Waals surface area contributed by atoms with E-state index >= 15 is 0 Å². The van der Waals surface area contributed by atoms with E-state index in [1.54, 1.807) is 11.3 Å². The van der Waals surface area contributed by atoms with Crippen LogP contribution in [0.3, 0.4) is 0 Å². The molecule has 18 heavy (non-hydrogen) atoms. The lowest BCUT2D eigenvalue weighted by Gasteiger charge is -2.32. The zero-order valence-electron chi connectivity index (χ0n) is 10.8. The summed E-state index contributed by atoms with van der Waals surface area (Å²) < 4.78 is 1.11. The molecule has 1 aliphatic heterocycles. The van der Waals surface area contributed by atoms with Crippen molar-refractivity contribution in [2.24, 2.45) is 5.92 Å². The first-order valence-electron chi connectivity index (χ1n) is 6.29. The van der Waals surface area contributed by atoms with Crippen molar-refractivity contribution in [2.75, 3.05) is 13.6 Å². The maximum absolute atomic E-state index is 12.4. The topological polar surface area (TPSA) is 32.3 Å². The highest BCUT2D eigenvalue weighted by Crippen LogP contribution is 2.22. The summed E-state index contributed by atoms with van der Waals surface area (Å²) in [4.78, 5) is 14.2. The van der Waals surface area contributed by atoms with Crippen LogP contribution in [0.4, 0.5) is 0 Å². The summed E-state index contributed by atoms with van der Waals surface area (Å²) in [5.41, 5.74) is 1.19. The van der Waals surface area contributed by atoms with Crippen molar-refractivity contribution in [1.29, 1.82) is 0 Å². The molecule has 2 atom stereocenters. The third kappa shape index (κ3) is 3.33. The molecule has 3 nitrogen and oxygen atoms in total. The van der Waals surface area contributed by atoms with Crippen LogP contribution in [0, 0.1) is 5.92 Å². The molecule has 2 unspecified atom stereocenters. The van der Waals surface area contributed by atoms with Crippen molar-refractivity contribution in [3.05, 3.63) is 20.8 Å². The van der Waals surface area contributed by atoms with Gasteiger partial charge in [-0.05, 0) is 58.2 Å². The number of thiophene rings is 1. The van der Waals surface area contributed by atoms with Crippen LogP contribution in [-0.4, -0.2) is 30.4 Å². The summed E-state index contributed by atoms with van der Waals surface area (Å²) >= 11 is 5.11. The molecule has 2 heterocycles. The molecule has 0 radical (unpaired) electrons. The number of amides is 1. The first-order chi connectivity index (χ1) is 8.58. The summed E-state index contributed by atoms with van der Waals surface area (Å²) in [6, 6.07) is 2.07. The van der Waals surface area contributed by atoms with Crippen LogP contribution in [0.5, 0.6) is 0 Å². The molecule has 0 saturated carbocycles. The van der Waals surface area contributed by atoms with E-state index in [4.69, 9.17) is 0 Å². The molecule has 5 heteroatoms. The number of hydrogen-bond donors (Lipinski definition) is 1. The molecule has 1 amide bonds. The fourth-order valence-corrected chi connectivity index (χ4v) is 3.60. The summed E-state index contributed by atoms with van der Waals surface area (Å²) in [7, 11) is 1.89. The average molecular weight is 331 g/mol. The highest BCUT2D eigenvalue weighted by atomic mass is 79.9. The van der Waals surface area contributed by atoms with Crippen LogP contribution in [0.2, 0.25) is 0 Å². The van der Waals surface area contributed by atoms with Crippen LogP contribution in [0.15, 0.2) is 15.2 Å². The first kappa shape index (κ1) is 14.0. The number of halogens is 1. The third-order valence-corrected chi connectivity index (χ3v) is 5.01. The summed E-state index contributed by atoms with van der Waals surface area (Å²) in [5.74, 6) is 0.646. The largest absolute Gasteiger partial charge is 0.340 e. The highest BCUT2D eigenvalue weighted by molar-refractivity contribution is 9.11. The maximum atomic E-state index is 12.4. The van der Waals surface area contributed by atoms with Crippen LogP contribution in [-0.2, 0) is 11.3 Å². The fraction of sp³-hybridized carbons (Fsp3) is 0.615. The van der Waals surface area contributed by atoms with Crippen molar-refractivity contribution >= 4 is 33.2 Å². The number of carbonyl (C=O) groups excluding carboxylic acids is 1. The minimum atomic E-state index is -0.00849. The van der Waals surface area contributed by atoms with Gasteiger partial charge in [0.05, 0.1) is 9.83 Å². The number of nitrogens with zero attached hydrogens (tertiary/aromatic N) is 1. The molecule has 0 aromatic carbocycles. The first-order valence-corrected chi connectivity index (χ1v) is 7.96. The van der Waals surface area contributed by atoms with Gasteiger partial charge in [-0.2, -0.15) is 0 Å². The SMILES string of the molecule is CC1CCCNC1C(=O)N(C)Cc1csc(Br)c1. The Morgan fingerprint density at radius 1 is 1.67 bits per heavy atom. The van der Waals surface area contributed by atoms with Gasteiger partial charge in [-0.15, -0.1) is 11.3 Å². The predicted octanol–water partition coefficient (Wildman–Crippen LogP) is 2.86. The quantitative estimate of drug-likeness (QED) is 0.924. The van der Waals surface area contributed by atoms with Crippen LogP contribution in [0.25, 0.3) is 0 Å². The third-order valence-electron chi connectivity index (χ3n) is 3.45. The van der Waals surface area contributed by atoms with Crippen molar-refractivity contribution in [1.82, 2.24) is 10.2 Å². The number of rotatable bonds is 3. The zero-order valence-corrected chi connectivity index (χ0v) is 13.2. The number of piperidine rings is 1. The van der Waals surface area contributed by atoms with Gasteiger partial charge in [0.15, 0.2) is 0 Å². The second kappa shape index (κ2) is 6.17. The Bertz CT molecular complexity index is 421. The number of hydrogen-bond acceptors (Lipinski definition) is 3. The van der Waals surface area contributed by atoms with Gasteiger partial charge in [0.2, 0.25) is 5.91 Å². The van der Waals surface area contributed by atoms with E-state index in [0.717, 1.165) is 16.8 Å². The molecule has 1 N–H and O–H groups in total. The summed E-state index contributed by atoms with van der Waals surface area (Å²) in [5, 5.41) is 5.43. The molecule has 0 bridgehead atoms. The van der Waals surface area contributed by atoms with E-state index in [0.29, 0.717) is 12.5 Å². The number of carbonyl (C=O) groups is 1. The molecule has 1 aromatic rings. The molecule has 2 rings (SSSR count). The van der Waals surface area contributed by atoms with Crippen molar-refractivity contribution in [3.63, 3.8) is 0 Å². The van der Waals surface area contributed by atoms with E-state index in [1.165, 1.54) is 12.0 Å². The van der Waals surface area contributed by atoms with E-state index in [-0.39, 0.29) is 11.9 Å². The Labute approximate surface area is 121 Å². The predicted molar refractivity (Wildman–Crippen MR) is 78.7 cm³/mol. The van der Waals surface area contributed by atoms with Gasteiger partial charge in [-0.1, -0.05) is 6.92 Å². The fourth-order valence-electron chi connectivity index (χ4n) is 2.40. The average Bonchev–Trinajstić information content (AvgIpc) is 2.74. The van der Waals surface area contributed by atoms with Crippen molar-refractivity contribution in [3.8, 4) is 0 Å². The zero-order chi connectivity index (χ0) is 13.1. The molecular formula is C13H19BrN2OS. The lowest BCUT2D eigenvalue weighted by atomic mass is 9.92. The molecule has 1 fully saturated rings. The number of nitrogens with one attached hydrogen (secondary N) is 1. The lowest BCUT2D eigenvalue weighted by Crippen LogP contribution is -2.51. The molecule has 1 saturated heterocycles. The molecule has 100 valence electrons. The van der Waals surface area contributed by atoms with Gasteiger partial charge in [-0.25, -0.2) is 0 Å². The number of likely N-dealkylation sites (N-methyl/N-ethyl adjacent to an activating group) is 1. The van der Waals surface area contributed by atoms with Gasteiger partial charge in [-0.3, -0.25) is 4.79 Å². The Morgan fingerprint density at radius 3 is 3.06 bits per heavy atom. The van der Waals surface area contributed by atoms with Gasteiger partial charge < -0.3 is 10.2 Å². The normalized spacial score (nSPS) is 23.9. The van der Waals surface area contributed by atoms with E-state index in [9.17, 15) is 4.79 Å². The van der Waals surface area contributed by atoms with E-state index < -0.39 is 0 Å². The molecule has 0 spiro atoms. The van der Waals surface area contributed by atoms with E-state index in [2.05, 4.69) is 39.6 Å². The van der Waals surface area contributed by atoms with E-state index in [1.807, 2.05) is 11.9 Å². The molecule has 0 aliphatic carbocycles. The van der Waals surface area contributed by atoms with Crippen LogP contribution >= 0.6 is 27.3 Å². The van der Waals surface area contributed by atoms with Crippen molar-refractivity contribution in [2.45, 2.75) is 32.4 Å². The summed E-state index contributed by atoms with van der Waals surface area (Å²) in [6.45, 7) is 3.80. The Balaban J connectivity index is 1.95. The Hall–Kier alpha value is -0.390. The monoisotopic (exact) mass is 330 g/mol. The second-order valence-electron chi connectivity index (χ2n) is 5.00. The highest BCUT2D eigenvalue weighted by Gasteiger charge is 2.29. The molecular weight excluding hydrogens is 312 g/mol. The maximum Gasteiger partial charge on any atom is 0.240 e. The van der Waals surface area contributed by atoms with Crippen molar-refractivity contribution < 1.29 is 4.79 Å². The van der Waals surface area contributed by atoms with Gasteiger partial charge >= 0.3 is 0 Å².